The molecule has 6 nitrogen and oxygen atoms in total. The van der Waals surface area contributed by atoms with Gasteiger partial charge < -0.3 is 4.57 Å². The number of aryl methyl sites for hydroxylation is 1. The smallest absolute Gasteiger partial charge is 0.272 e. The predicted molar refractivity (Wildman–Crippen MR) is 104 cm³/mol. The van der Waals surface area contributed by atoms with Crippen molar-refractivity contribution in [2.45, 2.75) is 0 Å². The number of para-hydroxylation sites is 1. The van der Waals surface area contributed by atoms with E-state index in [9.17, 15) is 4.79 Å². The van der Waals surface area contributed by atoms with Gasteiger partial charge in [0, 0.05) is 36.3 Å². The van der Waals surface area contributed by atoms with E-state index in [-0.39, 0.29) is 5.91 Å². The molecule has 0 aliphatic rings. The highest BCUT2D eigenvalue weighted by Gasteiger charge is 2.13. The van der Waals surface area contributed by atoms with Crippen LogP contribution in [-0.2, 0) is 7.05 Å². The van der Waals surface area contributed by atoms with Crippen LogP contribution < -0.4 is 10.4 Å². The minimum Gasteiger partial charge on any atom is -0.350 e. The first kappa shape index (κ1) is 16.7. The zero-order valence-electron chi connectivity index (χ0n) is 14.8. The summed E-state index contributed by atoms with van der Waals surface area (Å²) in [6.45, 7) is 0. The number of hydrogen-bond donors (Lipinski definition) is 1. The second-order valence-corrected chi connectivity index (χ2v) is 6.10. The normalized spacial score (nSPS) is 11.1. The van der Waals surface area contributed by atoms with Crippen molar-refractivity contribution in [3.05, 3.63) is 84.4 Å². The lowest BCUT2D eigenvalue weighted by Gasteiger charge is -2.08. The number of H-pyrrole nitrogens is 1. The van der Waals surface area contributed by atoms with Crippen LogP contribution in [0, 0.1) is 0 Å². The van der Waals surface area contributed by atoms with Gasteiger partial charge in [0.05, 0.1) is 28.7 Å². The number of nitrogens with one attached hydrogen (secondary N) is 2. The Hall–Kier alpha value is -3.80. The van der Waals surface area contributed by atoms with Crippen LogP contribution in [0.2, 0.25) is 0 Å². The molecule has 4 aromatic rings. The molecule has 6 heteroatoms. The van der Waals surface area contributed by atoms with Gasteiger partial charge >= 0.3 is 0 Å². The molecule has 1 amide bonds. The SMILES string of the molecule is Cn1cccc1C=NNC(=O)c1cc(-c2cc[nH+]cc2)nc2ccccc12. The Morgan fingerprint density at radius 3 is 2.74 bits per heavy atom. The number of carbonyl (C=O) groups is 1. The van der Waals surface area contributed by atoms with Gasteiger partial charge in [-0.05, 0) is 24.3 Å². The van der Waals surface area contributed by atoms with Crippen LogP contribution in [0.3, 0.4) is 0 Å². The van der Waals surface area contributed by atoms with Gasteiger partial charge in [0.25, 0.3) is 5.91 Å². The fourth-order valence-corrected chi connectivity index (χ4v) is 2.89. The van der Waals surface area contributed by atoms with Gasteiger partial charge in [0.1, 0.15) is 0 Å². The van der Waals surface area contributed by atoms with Crippen LogP contribution in [0.25, 0.3) is 22.2 Å². The Morgan fingerprint density at radius 1 is 1.15 bits per heavy atom. The first-order valence-corrected chi connectivity index (χ1v) is 8.53. The zero-order valence-corrected chi connectivity index (χ0v) is 14.8. The van der Waals surface area contributed by atoms with Gasteiger partial charge in [-0.15, -0.1) is 0 Å². The molecule has 2 N–H and O–H groups in total. The minimum absolute atomic E-state index is 0.275. The van der Waals surface area contributed by atoms with E-state index in [4.69, 9.17) is 0 Å². The molecule has 0 aliphatic carbocycles. The van der Waals surface area contributed by atoms with E-state index in [1.54, 1.807) is 12.3 Å². The molecule has 0 radical (unpaired) electrons. The van der Waals surface area contributed by atoms with Crippen molar-refractivity contribution in [1.82, 2.24) is 15.0 Å². The summed E-state index contributed by atoms with van der Waals surface area (Å²) < 4.78 is 1.92. The lowest BCUT2D eigenvalue weighted by atomic mass is 10.0. The maximum atomic E-state index is 12.8. The average Bonchev–Trinajstić information content (AvgIpc) is 3.12. The van der Waals surface area contributed by atoms with E-state index in [1.165, 1.54) is 0 Å². The van der Waals surface area contributed by atoms with Crippen LogP contribution in [0.5, 0.6) is 0 Å². The highest BCUT2D eigenvalue weighted by molar-refractivity contribution is 6.07. The number of aromatic amines is 1. The number of pyridine rings is 2. The van der Waals surface area contributed by atoms with E-state index in [0.717, 1.165) is 27.9 Å². The summed E-state index contributed by atoms with van der Waals surface area (Å²) in [5.41, 5.74) is 6.48. The van der Waals surface area contributed by atoms with Gasteiger partial charge in [-0.2, -0.15) is 5.10 Å². The number of nitrogens with zero attached hydrogens (tertiary/aromatic N) is 3. The molecule has 0 aliphatic heterocycles. The first-order chi connectivity index (χ1) is 13.2. The van der Waals surface area contributed by atoms with Crippen molar-refractivity contribution in [2.75, 3.05) is 0 Å². The van der Waals surface area contributed by atoms with Gasteiger partial charge in [0.2, 0.25) is 0 Å². The lowest BCUT2D eigenvalue weighted by Crippen LogP contribution is -2.18. The lowest BCUT2D eigenvalue weighted by molar-refractivity contribution is -0.377. The average molecular weight is 356 g/mol. The molecule has 0 saturated carbocycles. The van der Waals surface area contributed by atoms with Gasteiger partial charge in [-0.3, -0.25) is 4.79 Å². The third kappa shape index (κ3) is 3.46. The Kier molecular flexibility index (Phi) is 4.45. The molecule has 3 heterocycles. The summed E-state index contributed by atoms with van der Waals surface area (Å²) in [6.07, 6.45) is 7.20. The van der Waals surface area contributed by atoms with E-state index < -0.39 is 0 Å². The summed E-state index contributed by atoms with van der Waals surface area (Å²) in [7, 11) is 1.92. The highest BCUT2D eigenvalue weighted by Crippen LogP contribution is 2.24. The largest absolute Gasteiger partial charge is 0.350 e. The van der Waals surface area contributed by atoms with Crippen molar-refractivity contribution < 1.29 is 9.78 Å². The first-order valence-electron chi connectivity index (χ1n) is 8.53. The molecular formula is C21H18N5O+. The molecule has 0 fully saturated rings. The van der Waals surface area contributed by atoms with Crippen LogP contribution in [0.1, 0.15) is 16.1 Å². The van der Waals surface area contributed by atoms with Crippen LogP contribution in [0.4, 0.5) is 0 Å². The highest BCUT2D eigenvalue weighted by atomic mass is 16.2. The number of carbonyl (C=O) groups excluding carboxylic acids is 1. The second-order valence-electron chi connectivity index (χ2n) is 6.10. The van der Waals surface area contributed by atoms with Crippen molar-refractivity contribution in [1.29, 1.82) is 0 Å². The molecule has 27 heavy (non-hydrogen) atoms. The van der Waals surface area contributed by atoms with Gasteiger partial charge in [0.15, 0.2) is 12.4 Å². The summed E-state index contributed by atoms with van der Waals surface area (Å²) >= 11 is 0. The quantitative estimate of drug-likeness (QED) is 0.451. The molecule has 3 aromatic heterocycles. The standard InChI is InChI=1S/C21H17N5O/c1-26-12-4-5-16(26)14-23-25-21(27)18-13-20(15-8-10-22-11-9-15)24-19-7-3-2-6-17(18)19/h2-14H,1H3,(H,25,27)/p+1. The topological polar surface area (TPSA) is 73.4 Å². The van der Waals surface area contributed by atoms with E-state index >= 15 is 0 Å². The number of aromatic nitrogens is 3. The van der Waals surface area contributed by atoms with E-state index in [2.05, 4.69) is 20.5 Å². The Balaban J connectivity index is 1.70. The number of hydrogen-bond acceptors (Lipinski definition) is 3. The third-order valence-electron chi connectivity index (χ3n) is 4.32. The molecule has 0 saturated heterocycles. The van der Waals surface area contributed by atoms with Crippen molar-refractivity contribution in [2.24, 2.45) is 12.1 Å². The van der Waals surface area contributed by atoms with Crippen molar-refractivity contribution in [3.8, 4) is 11.3 Å². The molecule has 0 bridgehead atoms. The number of amides is 1. The maximum Gasteiger partial charge on any atom is 0.272 e. The van der Waals surface area contributed by atoms with Crippen LogP contribution >= 0.6 is 0 Å². The monoisotopic (exact) mass is 356 g/mol. The molecule has 0 spiro atoms. The summed E-state index contributed by atoms with van der Waals surface area (Å²) in [5.74, 6) is -0.275. The zero-order chi connectivity index (χ0) is 18.6. The van der Waals surface area contributed by atoms with Crippen molar-refractivity contribution in [3.63, 3.8) is 0 Å². The molecule has 0 unspecified atom stereocenters. The molecule has 0 atom stereocenters. The summed E-state index contributed by atoms with van der Waals surface area (Å²) in [5, 5.41) is 4.88. The predicted octanol–water partition coefficient (Wildman–Crippen LogP) is 2.82. The summed E-state index contributed by atoms with van der Waals surface area (Å²) in [4.78, 5) is 20.5. The summed E-state index contributed by atoms with van der Waals surface area (Å²) in [6, 6.07) is 17.1. The number of fused-ring (bicyclic) bond motifs is 1. The molecule has 1 aromatic carbocycles. The minimum atomic E-state index is -0.275. The van der Waals surface area contributed by atoms with Crippen molar-refractivity contribution >= 4 is 23.0 Å². The number of benzene rings is 1. The Labute approximate surface area is 156 Å². The van der Waals surface area contributed by atoms with Crippen LogP contribution in [-0.4, -0.2) is 21.7 Å². The molecule has 132 valence electrons. The second kappa shape index (κ2) is 7.21. The Morgan fingerprint density at radius 2 is 1.96 bits per heavy atom. The Bertz CT molecular complexity index is 1130. The van der Waals surface area contributed by atoms with E-state index in [1.807, 2.05) is 78.7 Å². The number of hydrazone groups is 1. The maximum absolute atomic E-state index is 12.8. The van der Waals surface area contributed by atoms with Gasteiger partial charge in [-0.1, -0.05) is 18.2 Å². The van der Waals surface area contributed by atoms with E-state index in [0.29, 0.717) is 5.56 Å². The molecule has 4 rings (SSSR count). The van der Waals surface area contributed by atoms with Crippen LogP contribution in [0.15, 0.2) is 78.3 Å². The fourth-order valence-electron chi connectivity index (χ4n) is 2.89. The fraction of sp³-hybridized carbons (Fsp3) is 0.0476. The van der Waals surface area contributed by atoms with Gasteiger partial charge in [-0.25, -0.2) is 15.4 Å². The molecular weight excluding hydrogens is 338 g/mol. The number of rotatable bonds is 4. The third-order valence-corrected chi connectivity index (χ3v) is 4.32.